The standard InChI is InChI=1S/C10H10N4O2/c1-2-14-6-9(12-13-14)8-5-7(10(15)16)3-4-11-8/h3-6H,2H2,1H3,(H,15,16). The molecule has 2 heterocycles. The van der Waals surface area contributed by atoms with E-state index in [-0.39, 0.29) is 5.56 Å². The van der Waals surface area contributed by atoms with Gasteiger partial charge in [-0.3, -0.25) is 9.67 Å². The lowest BCUT2D eigenvalue weighted by Crippen LogP contribution is -1.97. The van der Waals surface area contributed by atoms with Gasteiger partial charge < -0.3 is 5.11 Å². The molecule has 2 rings (SSSR count). The first-order valence-electron chi connectivity index (χ1n) is 4.80. The second kappa shape index (κ2) is 4.09. The number of aromatic nitrogens is 4. The molecule has 0 spiro atoms. The Morgan fingerprint density at radius 1 is 1.50 bits per heavy atom. The first-order chi connectivity index (χ1) is 7.70. The van der Waals surface area contributed by atoms with E-state index in [1.165, 1.54) is 18.3 Å². The average molecular weight is 218 g/mol. The van der Waals surface area contributed by atoms with Crippen LogP contribution in [0.1, 0.15) is 17.3 Å². The molecule has 0 aliphatic heterocycles. The first kappa shape index (κ1) is 10.3. The van der Waals surface area contributed by atoms with Crippen molar-refractivity contribution in [3.63, 3.8) is 0 Å². The fourth-order valence-corrected chi connectivity index (χ4v) is 1.27. The van der Waals surface area contributed by atoms with Crippen molar-refractivity contribution in [3.8, 4) is 11.4 Å². The Kier molecular flexibility index (Phi) is 2.63. The van der Waals surface area contributed by atoms with Gasteiger partial charge in [-0.25, -0.2) is 4.79 Å². The molecule has 0 fully saturated rings. The number of aryl methyl sites for hydroxylation is 1. The lowest BCUT2D eigenvalue weighted by molar-refractivity contribution is 0.0697. The summed E-state index contributed by atoms with van der Waals surface area (Å²) >= 11 is 0. The molecule has 82 valence electrons. The molecule has 0 aliphatic carbocycles. The van der Waals surface area contributed by atoms with Gasteiger partial charge in [0.15, 0.2) is 0 Å². The van der Waals surface area contributed by atoms with Gasteiger partial charge in [0.2, 0.25) is 0 Å². The van der Waals surface area contributed by atoms with Gasteiger partial charge in [0, 0.05) is 12.7 Å². The number of nitrogens with zero attached hydrogens (tertiary/aromatic N) is 4. The molecule has 0 unspecified atom stereocenters. The van der Waals surface area contributed by atoms with E-state index in [0.29, 0.717) is 17.9 Å². The van der Waals surface area contributed by atoms with Crippen LogP contribution in [0.5, 0.6) is 0 Å². The average Bonchev–Trinajstić information content (AvgIpc) is 2.77. The fraction of sp³-hybridized carbons (Fsp3) is 0.200. The molecule has 2 aromatic rings. The molecule has 16 heavy (non-hydrogen) atoms. The van der Waals surface area contributed by atoms with Crippen LogP contribution >= 0.6 is 0 Å². The normalized spacial score (nSPS) is 10.3. The summed E-state index contributed by atoms with van der Waals surface area (Å²) < 4.78 is 1.66. The van der Waals surface area contributed by atoms with E-state index < -0.39 is 5.97 Å². The van der Waals surface area contributed by atoms with Crippen LogP contribution in [0.3, 0.4) is 0 Å². The highest BCUT2D eigenvalue weighted by Gasteiger charge is 2.08. The van der Waals surface area contributed by atoms with Crippen molar-refractivity contribution in [2.24, 2.45) is 0 Å². The fourth-order valence-electron chi connectivity index (χ4n) is 1.27. The maximum Gasteiger partial charge on any atom is 0.335 e. The Morgan fingerprint density at radius 3 is 2.94 bits per heavy atom. The predicted molar refractivity (Wildman–Crippen MR) is 55.9 cm³/mol. The Balaban J connectivity index is 2.40. The molecule has 0 amide bonds. The molecule has 0 aliphatic rings. The van der Waals surface area contributed by atoms with Crippen LogP contribution in [0.15, 0.2) is 24.5 Å². The lowest BCUT2D eigenvalue weighted by atomic mass is 10.2. The van der Waals surface area contributed by atoms with Gasteiger partial charge in [0.05, 0.1) is 17.5 Å². The zero-order chi connectivity index (χ0) is 11.5. The van der Waals surface area contributed by atoms with Gasteiger partial charge >= 0.3 is 5.97 Å². The number of carbonyl (C=O) groups is 1. The predicted octanol–water partition coefficient (Wildman–Crippen LogP) is 1.06. The number of rotatable bonds is 3. The van der Waals surface area contributed by atoms with Gasteiger partial charge in [-0.1, -0.05) is 5.21 Å². The second-order valence-corrected chi connectivity index (χ2v) is 3.19. The minimum Gasteiger partial charge on any atom is -0.478 e. The molecule has 0 aromatic carbocycles. The SMILES string of the molecule is CCn1cc(-c2cc(C(=O)O)ccn2)nn1. The maximum absolute atomic E-state index is 10.8. The van der Waals surface area contributed by atoms with Crippen LogP contribution < -0.4 is 0 Å². The minimum atomic E-state index is -0.980. The molecule has 6 nitrogen and oxygen atoms in total. The zero-order valence-corrected chi connectivity index (χ0v) is 8.66. The molecular weight excluding hydrogens is 208 g/mol. The topological polar surface area (TPSA) is 80.9 Å². The number of hydrogen-bond acceptors (Lipinski definition) is 4. The molecule has 1 N–H and O–H groups in total. The number of aromatic carboxylic acids is 1. The summed E-state index contributed by atoms with van der Waals surface area (Å²) in [7, 11) is 0. The van der Waals surface area contributed by atoms with Crippen LogP contribution in [0.25, 0.3) is 11.4 Å². The summed E-state index contributed by atoms with van der Waals surface area (Å²) in [6.45, 7) is 2.66. The van der Waals surface area contributed by atoms with Crippen LogP contribution in [0.4, 0.5) is 0 Å². The smallest absolute Gasteiger partial charge is 0.335 e. The van der Waals surface area contributed by atoms with Crippen molar-refractivity contribution in [3.05, 3.63) is 30.1 Å². The molecule has 0 saturated carbocycles. The third-order valence-electron chi connectivity index (χ3n) is 2.13. The summed E-state index contributed by atoms with van der Waals surface area (Å²) in [5.74, 6) is -0.980. The lowest BCUT2D eigenvalue weighted by Gasteiger charge is -1.96. The van der Waals surface area contributed by atoms with E-state index >= 15 is 0 Å². The zero-order valence-electron chi connectivity index (χ0n) is 8.66. The highest BCUT2D eigenvalue weighted by molar-refractivity contribution is 5.88. The molecule has 0 bridgehead atoms. The Bertz CT molecular complexity index is 521. The van der Waals surface area contributed by atoms with Crippen molar-refractivity contribution in [2.75, 3.05) is 0 Å². The van der Waals surface area contributed by atoms with Crippen molar-refractivity contribution in [1.82, 2.24) is 20.0 Å². The molecule has 2 aromatic heterocycles. The molecule has 6 heteroatoms. The van der Waals surface area contributed by atoms with E-state index in [1.54, 1.807) is 10.9 Å². The van der Waals surface area contributed by atoms with E-state index in [2.05, 4.69) is 15.3 Å². The van der Waals surface area contributed by atoms with Crippen molar-refractivity contribution >= 4 is 5.97 Å². The summed E-state index contributed by atoms with van der Waals surface area (Å²) in [6, 6.07) is 2.92. The quantitative estimate of drug-likeness (QED) is 0.833. The van der Waals surface area contributed by atoms with E-state index in [9.17, 15) is 4.79 Å². The Labute approximate surface area is 91.6 Å². The second-order valence-electron chi connectivity index (χ2n) is 3.19. The van der Waals surface area contributed by atoms with E-state index in [4.69, 9.17) is 5.11 Å². The van der Waals surface area contributed by atoms with Crippen molar-refractivity contribution in [2.45, 2.75) is 13.5 Å². The highest BCUT2D eigenvalue weighted by atomic mass is 16.4. The molecule has 0 radical (unpaired) electrons. The van der Waals surface area contributed by atoms with E-state index in [1.807, 2.05) is 6.92 Å². The monoisotopic (exact) mass is 218 g/mol. The summed E-state index contributed by atoms with van der Waals surface area (Å²) in [5.41, 5.74) is 1.28. The van der Waals surface area contributed by atoms with Gasteiger partial charge in [-0.2, -0.15) is 0 Å². The first-order valence-corrected chi connectivity index (χ1v) is 4.80. The van der Waals surface area contributed by atoms with Gasteiger partial charge in [0.25, 0.3) is 0 Å². The van der Waals surface area contributed by atoms with Gasteiger partial charge in [-0.15, -0.1) is 5.10 Å². The third-order valence-corrected chi connectivity index (χ3v) is 2.13. The van der Waals surface area contributed by atoms with E-state index in [0.717, 1.165) is 0 Å². The van der Waals surface area contributed by atoms with Crippen molar-refractivity contribution < 1.29 is 9.90 Å². The number of carboxylic acids is 1. The number of carboxylic acid groups (broad SMARTS) is 1. The third kappa shape index (κ3) is 1.90. The van der Waals surface area contributed by atoms with Crippen LogP contribution in [0.2, 0.25) is 0 Å². The summed E-state index contributed by atoms with van der Waals surface area (Å²) in [4.78, 5) is 14.8. The van der Waals surface area contributed by atoms with Crippen molar-refractivity contribution in [1.29, 1.82) is 0 Å². The van der Waals surface area contributed by atoms with Crippen LogP contribution in [-0.2, 0) is 6.54 Å². The van der Waals surface area contributed by atoms with Gasteiger partial charge in [0.1, 0.15) is 5.69 Å². The molecule has 0 saturated heterocycles. The highest BCUT2D eigenvalue weighted by Crippen LogP contribution is 2.14. The largest absolute Gasteiger partial charge is 0.478 e. The Morgan fingerprint density at radius 2 is 2.31 bits per heavy atom. The number of pyridine rings is 1. The minimum absolute atomic E-state index is 0.191. The molecule has 0 atom stereocenters. The van der Waals surface area contributed by atoms with Crippen LogP contribution in [-0.4, -0.2) is 31.1 Å². The van der Waals surface area contributed by atoms with Crippen LogP contribution in [0, 0.1) is 0 Å². The van der Waals surface area contributed by atoms with Gasteiger partial charge in [-0.05, 0) is 19.1 Å². The number of hydrogen-bond donors (Lipinski definition) is 1. The Hall–Kier alpha value is -2.24. The molecular formula is C10H10N4O2. The maximum atomic E-state index is 10.8. The summed E-state index contributed by atoms with van der Waals surface area (Å²) in [6.07, 6.45) is 3.18. The summed E-state index contributed by atoms with van der Waals surface area (Å²) in [5, 5.41) is 16.6.